The van der Waals surface area contributed by atoms with Gasteiger partial charge < -0.3 is 4.90 Å². The molecule has 1 aromatic rings. The van der Waals surface area contributed by atoms with Gasteiger partial charge in [-0.3, -0.25) is 4.79 Å². The Morgan fingerprint density at radius 1 is 1.33 bits per heavy atom. The molecule has 82 valence electrons. The molecule has 0 aliphatic carbocycles. The Balaban J connectivity index is 2.54. The molecule has 2 nitrogen and oxygen atoms in total. The standard InChI is InChI=1S/C12H17NOS/c1-10-3-5-11(6-4-10)9-13(2)12(14)7-8-15/h3-6,15H,7-9H2,1-2H3. The molecule has 1 aromatic carbocycles. The van der Waals surface area contributed by atoms with E-state index in [0.717, 1.165) is 5.56 Å². The summed E-state index contributed by atoms with van der Waals surface area (Å²) in [7, 11) is 1.83. The fraction of sp³-hybridized carbons (Fsp3) is 0.417. The molecule has 0 unspecified atom stereocenters. The van der Waals surface area contributed by atoms with Gasteiger partial charge in [-0.1, -0.05) is 29.8 Å². The van der Waals surface area contributed by atoms with Crippen LogP contribution in [0.3, 0.4) is 0 Å². The van der Waals surface area contributed by atoms with Gasteiger partial charge in [0.05, 0.1) is 0 Å². The van der Waals surface area contributed by atoms with Crippen LogP contribution in [0.25, 0.3) is 0 Å². The number of nitrogens with zero attached hydrogens (tertiary/aromatic N) is 1. The SMILES string of the molecule is Cc1ccc(CN(C)C(=O)CCS)cc1. The smallest absolute Gasteiger partial charge is 0.223 e. The van der Waals surface area contributed by atoms with Crippen LogP contribution >= 0.6 is 12.6 Å². The molecule has 0 saturated carbocycles. The fourth-order valence-corrected chi connectivity index (χ4v) is 1.53. The van der Waals surface area contributed by atoms with Crippen LogP contribution in [0, 0.1) is 6.92 Å². The quantitative estimate of drug-likeness (QED) is 0.776. The number of amides is 1. The maximum atomic E-state index is 11.5. The van der Waals surface area contributed by atoms with Crippen molar-refractivity contribution in [3.05, 3.63) is 35.4 Å². The van der Waals surface area contributed by atoms with Crippen LogP contribution in [-0.2, 0) is 11.3 Å². The Morgan fingerprint density at radius 2 is 1.93 bits per heavy atom. The Labute approximate surface area is 96.7 Å². The van der Waals surface area contributed by atoms with Crippen LogP contribution in [0.4, 0.5) is 0 Å². The summed E-state index contributed by atoms with van der Waals surface area (Å²) < 4.78 is 0. The molecule has 0 bridgehead atoms. The van der Waals surface area contributed by atoms with E-state index >= 15 is 0 Å². The summed E-state index contributed by atoms with van der Waals surface area (Å²) in [5, 5.41) is 0. The number of carbonyl (C=O) groups is 1. The van der Waals surface area contributed by atoms with Gasteiger partial charge in [0, 0.05) is 20.0 Å². The van der Waals surface area contributed by atoms with E-state index in [-0.39, 0.29) is 5.91 Å². The van der Waals surface area contributed by atoms with Crippen LogP contribution in [0.1, 0.15) is 17.5 Å². The topological polar surface area (TPSA) is 20.3 Å². The second kappa shape index (κ2) is 5.81. The molecule has 1 rings (SSSR count). The highest BCUT2D eigenvalue weighted by molar-refractivity contribution is 7.80. The third-order valence-electron chi connectivity index (χ3n) is 2.29. The second-order valence-electron chi connectivity index (χ2n) is 3.71. The highest BCUT2D eigenvalue weighted by Crippen LogP contribution is 2.06. The highest BCUT2D eigenvalue weighted by atomic mass is 32.1. The van der Waals surface area contributed by atoms with Gasteiger partial charge in [-0.05, 0) is 18.2 Å². The molecule has 0 aromatic heterocycles. The zero-order valence-electron chi connectivity index (χ0n) is 9.23. The first-order valence-electron chi connectivity index (χ1n) is 5.04. The molecule has 0 N–H and O–H groups in total. The summed E-state index contributed by atoms with van der Waals surface area (Å²) in [5.41, 5.74) is 2.40. The lowest BCUT2D eigenvalue weighted by atomic mass is 10.1. The minimum atomic E-state index is 0.144. The van der Waals surface area contributed by atoms with Crippen molar-refractivity contribution in [2.24, 2.45) is 0 Å². The molecule has 0 radical (unpaired) electrons. The van der Waals surface area contributed by atoms with Crippen LogP contribution in [0.15, 0.2) is 24.3 Å². The average molecular weight is 223 g/mol. The predicted octanol–water partition coefficient (Wildman–Crippen LogP) is 2.27. The monoisotopic (exact) mass is 223 g/mol. The van der Waals surface area contributed by atoms with E-state index in [1.807, 2.05) is 7.05 Å². The Kier molecular flexibility index (Phi) is 4.69. The zero-order valence-corrected chi connectivity index (χ0v) is 10.1. The molecular weight excluding hydrogens is 206 g/mol. The van der Waals surface area contributed by atoms with Gasteiger partial charge in [0.2, 0.25) is 5.91 Å². The van der Waals surface area contributed by atoms with E-state index in [4.69, 9.17) is 0 Å². The molecule has 0 fully saturated rings. The summed E-state index contributed by atoms with van der Waals surface area (Å²) >= 11 is 4.05. The highest BCUT2D eigenvalue weighted by Gasteiger charge is 2.07. The van der Waals surface area contributed by atoms with Crippen LogP contribution in [-0.4, -0.2) is 23.6 Å². The van der Waals surface area contributed by atoms with Gasteiger partial charge in [0.25, 0.3) is 0 Å². The normalized spacial score (nSPS) is 10.1. The van der Waals surface area contributed by atoms with Crippen molar-refractivity contribution in [3.8, 4) is 0 Å². The van der Waals surface area contributed by atoms with Gasteiger partial charge in [0.15, 0.2) is 0 Å². The van der Waals surface area contributed by atoms with Crippen molar-refractivity contribution in [3.63, 3.8) is 0 Å². The van der Waals surface area contributed by atoms with Crippen molar-refractivity contribution in [1.29, 1.82) is 0 Å². The number of aryl methyl sites for hydroxylation is 1. The number of hydrogen-bond donors (Lipinski definition) is 1. The van der Waals surface area contributed by atoms with Gasteiger partial charge >= 0.3 is 0 Å². The van der Waals surface area contributed by atoms with Crippen molar-refractivity contribution >= 4 is 18.5 Å². The van der Waals surface area contributed by atoms with Crippen molar-refractivity contribution in [1.82, 2.24) is 4.90 Å². The molecular formula is C12H17NOS. The molecule has 15 heavy (non-hydrogen) atoms. The van der Waals surface area contributed by atoms with Gasteiger partial charge in [-0.2, -0.15) is 12.6 Å². The van der Waals surface area contributed by atoms with E-state index in [9.17, 15) is 4.79 Å². The third kappa shape index (κ3) is 3.96. The maximum Gasteiger partial charge on any atom is 0.223 e. The largest absolute Gasteiger partial charge is 0.341 e. The number of hydrogen-bond acceptors (Lipinski definition) is 2. The lowest BCUT2D eigenvalue weighted by molar-refractivity contribution is -0.129. The maximum absolute atomic E-state index is 11.5. The van der Waals surface area contributed by atoms with E-state index in [0.29, 0.717) is 18.7 Å². The average Bonchev–Trinajstić information content (AvgIpc) is 2.22. The molecule has 0 spiro atoms. The zero-order chi connectivity index (χ0) is 11.3. The van der Waals surface area contributed by atoms with Crippen LogP contribution in [0.5, 0.6) is 0 Å². The summed E-state index contributed by atoms with van der Waals surface area (Å²) in [6.07, 6.45) is 0.505. The fourth-order valence-electron chi connectivity index (χ4n) is 1.34. The summed E-state index contributed by atoms with van der Waals surface area (Å²) in [5.74, 6) is 0.752. The molecule has 1 amide bonds. The molecule has 0 atom stereocenters. The Bertz CT molecular complexity index is 321. The summed E-state index contributed by atoms with van der Waals surface area (Å²) in [6.45, 7) is 2.73. The molecule has 0 saturated heterocycles. The van der Waals surface area contributed by atoms with Crippen LogP contribution < -0.4 is 0 Å². The first kappa shape index (κ1) is 12.1. The molecule has 0 aliphatic rings. The predicted molar refractivity (Wildman–Crippen MR) is 66.1 cm³/mol. The lowest BCUT2D eigenvalue weighted by Crippen LogP contribution is -2.26. The van der Waals surface area contributed by atoms with Crippen molar-refractivity contribution in [2.45, 2.75) is 19.9 Å². The minimum Gasteiger partial charge on any atom is -0.341 e. The third-order valence-corrected chi connectivity index (χ3v) is 2.52. The molecule has 0 aliphatic heterocycles. The van der Waals surface area contributed by atoms with E-state index in [2.05, 4.69) is 43.8 Å². The Hall–Kier alpha value is -0.960. The number of benzene rings is 1. The number of thiol groups is 1. The van der Waals surface area contributed by atoms with Crippen LogP contribution in [0.2, 0.25) is 0 Å². The first-order valence-corrected chi connectivity index (χ1v) is 5.67. The van der Waals surface area contributed by atoms with Gasteiger partial charge in [0.1, 0.15) is 0 Å². The van der Waals surface area contributed by atoms with Crippen molar-refractivity contribution in [2.75, 3.05) is 12.8 Å². The molecule has 0 heterocycles. The number of rotatable bonds is 4. The lowest BCUT2D eigenvalue weighted by Gasteiger charge is -2.16. The Morgan fingerprint density at radius 3 is 2.47 bits per heavy atom. The van der Waals surface area contributed by atoms with E-state index in [1.165, 1.54) is 5.56 Å². The van der Waals surface area contributed by atoms with Crippen molar-refractivity contribution < 1.29 is 4.79 Å². The van der Waals surface area contributed by atoms with Gasteiger partial charge in [-0.15, -0.1) is 0 Å². The summed E-state index contributed by atoms with van der Waals surface area (Å²) in [4.78, 5) is 13.2. The number of carbonyl (C=O) groups excluding carboxylic acids is 1. The van der Waals surface area contributed by atoms with E-state index in [1.54, 1.807) is 4.90 Å². The minimum absolute atomic E-state index is 0.144. The summed E-state index contributed by atoms with van der Waals surface area (Å²) in [6, 6.07) is 8.23. The van der Waals surface area contributed by atoms with Gasteiger partial charge in [-0.25, -0.2) is 0 Å². The van der Waals surface area contributed by atoms with E-state index < -0.39 is 0 Å². The molecule has 3 heteroatoms. The second-order valence-corrected chi connectivity index (χ2v) is 4.16. The first-order chi connectivity index (χ1) is 7.13.